The lowest BCUT2D eigenvalue weighted by atomic mass is 10.2. The number of methoxy groups -OCH3 is 1. The van der Waals surface area contributed by atoms with Crippen molar-refractivity contribution in [2.45, 2.75) is 38.2 Å². The average Bonchev–Trinajstić information content (AvgIpc) is 2.20. The van der Waals surface area contributed by atoms with Crippen LogP contribution in [-0.2, 0) is 9.53 Å². The Bertz CT molecular complexity index is 210. The highest BCUT2D eigenvalue weighted by Gasteiger charge is 2.31. The highest BCUT2D eigenvalue weighted by Crippen LogP contribution is 2.24. The third-order valence-corrected chi connectivity index (χ3v) is 4.21. The second kappa shape index (κ2) is 5.03. The quantitative estimate of drug-likeness (QED) is 0.700. The highest BCUT2D eigenvalue weighted by molar-refractivity contribution is 8.00. The van der Waals surface area contributed by atoms with E-state index in [-0.39, 0.29) is 12.0 Å². The van der Waals surface area contributed by atoms with Crippen molar-refractivity contribution in [3.63, 3.8) is 0 Å². The van der Waals surface area contributed by atoms with Gasteiger partial charge in [-0.2, -0.15) is 11.8 Å². The van der Waals surface area contributed by atoms with Crippen LogP contribution >= 0.6 is 11.8 Å². The number of ether oxygens (including phenoxy) is 1. The first-order chi connectivity index (χ1) is 6.57. The molecule has 1 rings (SSSR count). The van der Waals surface area contributed by atoms with Crippen molar-refractivity contribution in [2.24, 2.45) is 0 Å². The van der Waals surface area contributed by atoms with Crippen molar-refractivity contribution >= 4 is 17.7 Å². The minimum atomic E-state index is -0.312. The molecule has 0 saturated carbocycles. The molecule has 1 aliphatic rings. The first kappa shape index (κ1) is 11.9. The Hall–Kier alpha value is -0.220. The third-order valence-electron chi connectivity index (χ3n) is 2.87. The van der Waals surface area contributed by atoms with Crippen LogP contribution in [0.1, 0.15) is 20.8 Å². The van der Waals surface area contributed by atoms with Crippen LogP contribution in [0.15, 0.2) is 0 Å². The van der Waals surface area contributed by atoms with E-state index in [9.17, 15) is 4.79 Å². The second-order valence-corrected chi connectivity index (χ2v) is 5.21. The molecular formula is C10H19NO2S. The molecule has 3 atom stereocenters. The van der Waals surface area contributed by atoms with Crippen molar-refractivity contribution in [1.29, 1.82) is 0 Å². The van der Waals surface area contributed by atoms with Crippen molar-refractivity contribution in [1.82, 2.24) is 4.90 Å². The second-order valence-electron chi connectivity index (χ2n) is 3.73. The lowest BCUT2D eigenvalue weighted by Gasteiger charge is -2.38. The molecule has 0 radical (unpaired) electrons. The Morgan fingerprint density at radius 1 is 1.57 bits per heavy atom. The van der Waals surface area contributed by atoms with E-state index in [1.807, 2.05) is 23.6 Å². The van der Waals surface area contributed by atoms with E-state index in [1.54, 1.807) is 7.11 Å². The standard InChI is InChI=1S/C10H19NO2S/c1-7-9(3)14-6-5-11(7)10(12)8(2)13-4/h7-9H,5-6H2,1-4H3. The van der Waals surface area contributed by atoms with Gasteiger partial charge in [-0.1, -0.05) is 6.92 Å². The van der Waals surface area contributed by atoms with Gasteiger partial charge in [0.1, 0.15) is 6.10 Å². The van der Waals surface area contributed by atoms with E-state index < -0.39 is 0 Å². The molecule has 1 amide bonds. The Balaban J connectivity index is 2.62. The van der Waals surface area contributed by atoms with Crippen molar-refractivity contribution < 1.29 is 9.53 Å². The lowest BCUT2D eigenvalue weighted by molar-refractivity contribution is -0.142. The van der Waals surface area contributed by atoms with Crippen LogP contribution in [0.4, 0.5) is 0 Å². The molecule has 1 heterocycles. The van der Waals surface area contributed by atoms with Crippen LogP contribution < -0.4 is 0 Å². The highest BCUT2D eigenvalue weighted by atomic mass is 32.2. The summed E-state index contributed by atoms with van der Waals surface area (Å²) in [5.41, 5.74) is 0. The lowest BCUT2D eigenvalue weighted by Crippen LogP contribution is -2.51. The van der Waals surface area contributed by atoms with Gasteiger partial charge in [-0.15, -0.1) is 0 Å². The maximum Gasteiger partial charge on any atom is 0.251 e. The number of rotatable bonds is 2. The summed E-state index contributed by atoms with van der Waals surface area (Å²) in [4.78, 5) is 13.8. The first-order valence-electron chi connectivity index (χ1n) is 5.02. The summed E-state index contributed by atoms with van der Waals surface area (Å²) in [5.74, 6) is 1.15. The topological polar surface area (TPSA) is 29.5 Å². The SMILES string of the molecule is COC(C)C(=O)N1CCSC(C)C1C. The summed E-state index contributed by atoms with van der Waals surface area (Å²) in [5, 5.41) is 0.525. The fourth-order valence-electron chi connectivity index (χ4n) is 1.58. The van der Waals surface area contributed by atoms with Crippen LogP contribution in [0.25, 0.3) is 0 Å². The van der Waals surface area contributed by atoms with E-state index >= 15 is 0 Å². The number of amides is 1. The summed E-state index contributed by atoms with van der Waals surface area (Å²) in [6.07, 6.45) is -0.312. The molecule has 14 heavy (non-hydrogen) atoms. The van der Waals surface area contributed by atoms with E-state index in [0.717, 1.165) is 12.3 Å². The molecule has 82 valence electrons. The summed E-state index contributed by atoms with van der Waals surface area (Å²) < 4.78 is 5.05. The van der Waals surface area contributed by atoms with Gasteiger partial charge in [-0.3, -0.25) is 4.79 Å². The van der Waals surface area contributed by atoms with Gasteiger partial charge in [-0.05, 0) is 13.8 Å². The van der Waals surface area contributed by atoms with Gasteiger partial charge in [0.25, 0.3) is 5.91 Å². The van der Waals surface area contributed by atoms with E-state index in [2.05, 4.69) is 13.8 Å². The Morgan fingerprint density at radius 2 is 2.21 bits per heavy atom. The molecule has 4 heteroatoms. The largest absolute Gasteiger partial charge is 0.372 e. The molecule has 1 saturated heterocycles. The van der Waals surface area contributed by atoms with Crippen LogP contribution in [-0.4, -0.2) is 47.6 Å². The fourth-order valence-corrected chi connectivity index (χ4v) is 2.68. The van der Waals surface area contributed by atoms with Crippen LogP contribution in [0.2, 0.25) is 0 Å². The maximum absolute atomic E-state index is 11.9. The number of thioether (sulfide) groups is 1. The third kappa shape index (κ3) is 2.42. The zero-order valence-corrected chi connectivity index (χ0v) is 10.1. The molecule has 3 unspecified atom stereocenters. The number of carbonyl (C=O) groups is 1. The molecular weight excluding hydrogens is 198 g/mol. The molecule has 0 aromatic heterocycles. The van der Waals surface area contributed by atoms with Crippen LogP contribution in [0, 0.1) is 0 Å². The predicted octanol–water partition coefficient (Wildman–Crippen LogP) is 1.37. The Kier molecular flexibility index (Phi) is 4.26. The predicted molar refractivity (Wildman–Crippen MR) is 59.6 cm³/mol. The van der Waals surface area contributed by atoms with Crippen LogP contribution in [0.5, 0.6) is 0 Å². The minimum absolute atomic E-state index is 0.118. The molecule has 0 N–H and O–H groups in total. The summed E-state index contributed by atoms with van der Waals surface area (Å²) in [6.45, 7) is 6.94. The number of hydrogen-bond donors (Lipinski definition) is 0. The normalized spacial score (nSPS) is 30.1. The van der Waals surface area contributed by atoms with Gasteiger partial charge in [0.15, 0.2) is 0 Å². The molecule has 0 aromatic rings. The zero-order valence-electron chi connectivity index (χ0n) is 9.32. The first-order valence-corrected chi connectivity index (χ1v) is 6.07. The van der Waals surface area contributed by atoms with Gasteiger partial charge in [-0.25, -0.2) is 0 Å². The van der Waals surface area contributed by atoms with E-state index in [1.165, 1.54) is 0 Å². The average molecular weight is 217 g/mol. The molecule has 0 spiro atoms. The molecule has 3 nitrogen and oxygen atoms in total. The summed E-state index contributed by atoms with van der Waals surface area (Å²) >= 11 is 1.93. The van der Waals surface area contributed by atoms with E-state index in [4.69, 9.17) is 4.74 Å². The Morgan fingerprint density at radius 3 is 2.79 bits per heavy atom. The molecule has 0 aliphatic carbocycles. The number of nitrogens with zero attached hydrogens (tertiary/aromatic N) is 1. The monoisotopic (exact) mass is 217 g/mol. The van der Waals surface area contributed by atoms with Crippen molar-refractivity contribution in [2.75, 3.05) is 19.4 Å². The van der Waals surface area contributed by atoms with Crippen LogP contribution in [0.3, 0.4) is 0 Å². The smallest absolute Gasteiger partial charge is 0.251 e. The van der Waals surface area contributed by atoms with Gasteiger partial charge in [0.05, 0.1) is 0 Å². The fraction of sp³-hybridized carbons (Fsp3) is 0.900. The van der Waals surface area contributed by atoms with Gasteiger partial charge in [0, 0.05) is 30.7 Å². The minimum Gasteiger partial charge on any atom is -0.372 e. The van der Waals surface area contributed by atoms with Crippen molar-refractivity contribution in [3.05, 3.63) is 0 Å². The van der Waals surface area contributed by atoms with Crippen molar-refractivity contribution in [3.8, 4) is 0 Å². The zero-order chi connectivity index (χ0) is 10.7. The summed E-state index contributed by atoms with van der Waals surface area (Å²) in [7, 11) is 1.58. The molecule has 0 aromatic carbocycles. The number of carbonyl (C=O) groups excluding carboxylic acids is 1. The Labute approximate surface area is 90.2 Å². The molecule has 0 bridgehead atoms. The number of hydrogen-bond acceptors (Lipinski definition) is 3. The van der Waals surface area contributed by atoms with Gasteiger partial charge < -0.3 is 9.64 Å². The van der Waals surface area contributed by atoms with Gasteiger partial charge in [0.2, 0.25) is 0 Å². The summed E-state index contributed by atoms with van der Waals surface area (Å²) in [6, 6.07) is 0.318. The van der Waals surface area contributed by atoms with Gasteiger partial charge >= 0.3 is 0 Å². The maximum atomic E-state index is 11.9. The molecule has 1 aliphatic heterocycles. The molecule has 1 fully saturated rings. The van der Waals surface area contributed by atoms with E-state index in [0.29, 0.717) is 11.3 Å².